The SMILES string of the molecule is COc1nc(-c2cnn3ccccc23)nc(NC2CCCNC2)c1F.Cl.Cl. The van der Waals surface area contributed by atoms with Crippen molar-refractivity contribution < 1.29 is 9.13 Å². The van der Waals surface area contributed by atoms with Gasteiger partial charge in [0.2, 0.25) is 5.82 Å². The summed E-state index contributed by atoms with van der Waals surface area (Å²) in [4.78, 5) is 8.63. The second-order valence-electron chi connectivity index (χ2n) is 6.00. The minimum atomic E-state index is -0.576. The van der Waals surface area contributed by atoms with Crippen molar-refractivity contribution in [1.29, 1.82) is 0 Å². The molecule has 1 unspecified atom stereocenters. The summed E-state index contributed by atoms with van der Waals surface area (Å²) in [6.45, 7) is 1.76. The summed E-state index contributed by atoms with van der Waals surface area (Å²) in [5.74, 6) is -0.114. The van der Waals surface area contributed by atoms with Crippen LogP contribution < -0.4 is 15.4 Å². The molecular formula is C17H21Cl2FN6O. The lowest BCUT2D eigenvalue weighted by molar-refractivity contribution is 0.368. The molecule has 2 N–H and O–H groups in total. The molecular weight excluding hydrogens is 394 g/mol. The Hall–Kier alpha value is -2.16. The molecule has 10 heteroatoms. The van der Waals surface area contributed by atoms with Gasteiger partial charge in [-0.1, -0.05) is 6.07 Å². The Morgan fingerprint density at radius 2 is 2.15 bits per heavy atom. The lowest BCUT2D eigenvalue weighted by atomic mass is 10.1. The van der Waals surface area contributed by atoms with Crippen LogP contribution in [0.3, 0.4) is 0 Å². The van der Waals surface area contributed by atoms with E-state index in [1.54, 1.807) is 10.7 Å². The van der Waals surface area contributed by atoms with Crippen LogP contribution in [0.2, 0.25) is 0 Å². The molecule has 0 spiro atoms. The molecule has 146 valence electrons. The standard InChI is InChI=1S/C17H19FN6O.2ClH/c1-25-17-14(18)16(21-11-5-4-7-19-9-11)22-15(23-17)12-10-20-24-8-3-2-6-13(12)24;;/h2-3,6,8,10-11,19H,4-5,7,9H2,1H3,(H,21,22,23);2*1H. The first-order valence-electron chi connectivity index (χ1n) is 8.28. The molecule has 27 heavy (non-hydrogen) atoms. The van der Waals surface area contributed by atoms with Gasteiger partial charge in [0.1, 0.15) is 0 Å². The molecule has 0 bridgehead atoms. The van der Waals surface area contributed by atoms with Crippen LogP contribution in [0.4, 0.5) is 10.2 Å². The number of hydrogen-bond acceptors (Lipinski definition) is 6. The number of methoxy groups -OCH3 is 1. The van der Waals surface area contributed by atoms with Crippen molar-refractivity contribution >= 4 is 36.1 Å². The predicted octanol–water partition coefficient (Wildman–Crippen LogP) is 2.95. The molecule has 3 aromatic heterocycles. The minimum Gasteiger partial charge on any atom is -0.479 e. The first-order chi connectivity index (χ1) is 12.3. The van der Waals surface area contributed by atoms with Gasteiger partial charge in [0.05, 0.1) is 24.4 Å². The van der Waals surface area contributed by atoms with Crippen LogP contribution in [0.15, 0.2) is 30.6 Å². The molecule has 1 aliphatic heterocycles. The predicted molar refractivity (Wildman–Crippen MR) is 107 cm³/mol. The number of pyridine rings is 1. The van der Waals surface area contributed by atoms with E-state index in [2.05, 4.69) is 25.7 Å². The van der Waals surface area contributed by atoms with Crippen molar-refractivity contribution in [3.63, 3.8) is 0 Å². The Labute approximate surface area is 168 Å². The van der Waals surface area contributed by atoms with Gasteiger partial charge >= 0.3 is 0 Å². The van der Waals surface area contributed by atoms with Gasteiger partial charge in [0.15, 0.2) is 11.6 Å². The van der Waals surface area contributed by atoms with Crippen LogP contribution in [0, 0.1) is 5.82 Å². The van der Waals surface area contributed by atoms with Crippen LogP contribution in [-0.4, -0.2) is 45.8 Å². The van der Waals surface area contributed by atoms with Gasteiger partial charge in [-0.2, -0.15) is 14.5 Å². The van der Waals surface area contributed by atoms with Crippen molar-refractivity contribution in [2.24, 2.45) is 0 Å². The van der Waals surface area contributed by atoms with Crippen molar-refractivity contribution in [2.75, 3.05) is 25.5 Å². The Bertz CT molecular complexity index is 900. The molecule has 3 aromatic rings. The summed E-state index contributed by atoms with van der Waals surface area (Å²) in [6.07, 6.45) is 5.52. The quantitative estimate of drug-likeness (QED) is 0.683. The highest BCUT2D eigenvalue weighted by atomic mass is 35.5. The van der Waals surface area contributed by atoms with Gasteiger partial charge in [0, 0.05) is 18.8 Å². The third kappa shape index (κ3) is 4.23. The lowest BCUT2D eigenvalue weighted by Crippen LogP contribution is -2.38. The van der Waals surface area contributed by atoms with Crippen LogP contribution in [0.25, 0.3) is 16.9 Å². The largest absolute Gasteiger partial charge is 0.479 e. The van der Waals surface area contributed by atoms with Crippen molar-refractivity contribution in [2.45, 2.75) is 18.9 Å². The van der Waals surface area contributed by atoms with Crippen molar-refractivity contribution in [3.05, 3.63) is 36.4 Å². The van der Waals surface area contributed by atoms with E-state index in [0.717, 1.165) is 37.0 Å². The Morgan fingerprint density at radius 3 is 2.89 bits per heavy atom. The summed E-state index contributed by atoms with van der Waals surface area (Å²) in [6, 6.07) is 5.84. The fraction of sp³-hybridized carbons (Fsp3) is 0.353. The third-order valence-corrected chi connectivity index (χ3v) is 4.32. The molecule has 0 aliphatic carbocycles. The number of piperidine rings is 1. The second-order valence-corrected chi connectivity index (χ2v) is 6.00. The van der Waals surface area contributed by atoms with Gasteiger partial charge in [-0.15, -0.1) is 24.8 Å². The van der Waals surface area contributed by atoms with E-state index >= 15 is 0 Å². The first kappa shape index (κ1) is 21.1. The maximum absolute atomic E-state index is 14.6. The average Bonchev–Trinajstić information content (AvgIpc) is 3.08. The highest BCUT2D eigenvalue weighted by Crippen LogP contribution is 2.28. The number of ether oxygens (including phenoxy) is 1. The Balaban J connectivity index is 0.00000131. The number of anilines is 1. The summed E-state index contributed by atoms with van der Waals surface area (Å²) in [5, 5.41) is 10.8. The summed E-state index contributed by atoms with van der Waals surface area (Å²) in [7, 11) is 1.40. The van der Waals surface area contributed by atoms with Crippen molar-refractivity contribution in [1.82, 2.24) is 24.9 Å². The van der Waals surface area contributed by atoms with Crippen LogP contribution in [0.5, 0.6) is 5.88 Å². The number of nitrogens with zero attached hydrogens (tertiary/aromatic N) is 4. The van der Waals surface area contributed by atoms with E-state index in [1.165, 1.54) is 7.11 Å². The minimum absolute atomic E-state index is 0. The van der Waals surface area contributed by atoms with Crippen molar-refractivity contribution in [3.8, 4) is 17.3 Å². The summed E-state index contributed by atoms with van der Waals surface area (Å²) >= 11 is 0. The number of nitrogens with one attached hydrogen (secondary N) is 2. The summed E-state index contributed by atoms with van der Waals surface area (Å²) in [5.41, 5.74) is 1.57. The smallest absolute Gasteiger partial charge is 0.256 e. The van der Waals surface area contributed by atoms with Gasteiger partial charge in [0.25, 0.3) is 5.88 Å². The van der Waals surface area contributed by atoms with E-state index in [9.17, 15) is 4.39 Å². The van der Waals surface area contributed by atoms with Gasteiger partial charge in [-0.05, 0) is 31.5 Å². The fourth-order valence-electron chi connectivity index (χ4n) is 3.05. The molecule has 0 aromatic carbocycles. The molecule has 4 rings (SSSR count). The molecule has 1 atom stereocenters. The molecule has 1 saturated heterocycles. The second kappa shape index (κ2) is 9.16. The zero-order valence-corrected chi connectivity index (χ0v) is 16.3. The average molecular weight is 415 g/mol. The molecule has 0 radical (unpaired) electrons. The number of rotatable bonds is 4. The molecule has 1 aliphatic rings. The van der Waals surface area contributed by atoms with Gasteiger partial charge in [-0.25, -0.2) is 9.50 Å². The first-order valence-corrected chi connectivity index (χ1v) is 8.28. The number of fused-ring (bicyclic) bond motifs is 1. The molecule has 7 nitrogen and oxygen atoms in total. The van der Waals surface area contributed by atoms with Gasteiger partial charge in [-0.3, -0.25) is 0 Å². The Kier molecular flexibility index (Phi) is 7.18. The zero-order chi connectivity index (χ0) is 17.2. The van der Waals surface area contributed by atoms with Crippen LogP contribution in [-0.2, 0) is 0 Å². The van der Waals surface area contributed by atoms with E-state index in [-0.39, 0.29) is 42.6 Å². The third-order valence-electron chi connectivity index (χ3n) is 4.32. The monoisotopic (exact) mass is 414 g/mol. The highest BCUT2D eigenvalue weighted by Gasteiger charge is 2.21. The van der Waals surface area contributed by atoms with Crippen LogP contribution >= 0.6 is 24.8 Å². The maximum atomic E-state index is 14.6. The van der Waals surface area contributed by atoms with Crippen LogP contribution in [0.1, 0.15) is 12.8 Å². The zero-order valence-electron chi connectivity index (χ0n) is 14.7. The topological polar surface area (TPSA) is 76.4 Å². The fourth-order valence-corrected chi connectivity index (χ4v) is 3.05. The van der Waals surface area contributed by atoms with E-state index in [4.69, 9.17) is 4.74 Å². The van der Waals surface area contributed by atoms with Gasteiger partial charge < -0.3 is 15.4 Å². The summed E-state index contributed by atoms with van der Waals surface area (Å²) < 4.78 is 21.5. The highest BCUT2D eigenvalue weighted by molar-refractivity contribution is 5.85. The number of aromatic nitrogens is 4. The molecule has 0 saturated carbocycles. The normalized spacial score (nSPS) is 16.3. The number of hydrogen-bond donors (Lipinski definition) is 2. The van der Waals surface area contributed by atoms with E-state index in [0.29, 0.717) is 5.82 Å². The molecule has 1 fully saturated rings. The molecule has 4 heterocycles. The maximum Gasteiger partial charge on any atom is 0.256 e. The van der Waals surface area contributed by atoms with E-state index < -0.39 is 5.82 Å². The molecule has 0 amide bonds. The Morgan fingerprint density at radius 1 is 1.30 bits per heavy atom. The van der Waals surface area contributed by atoms with E-state index in [1.807, 2.05) is 24.4 Å². The number of halogens is 3. The lowest BCUT2D eigenvalue weighted by Gasteiger charge is -2.24.